The van der Waals surface area contributed by atoms with E-state index in [1.165, 1.54) is 0 Å². The molecule has 0 saturated heterocycles. The first-order valence-electron chi connectivity index (χ1n) is 17.0. The van der Waals surface area contributed by atoms with Crippen molar-refractivity contribution in [1.82, 2.24) is 9.97 Å². The summed E-state index contributed by atoms with van der Waals surface area (Å²) in [6.07, 6.45) is -14.8. The molecule has 2 aromatic carbocycles. The lowest BCUT2D eigenvalue weighted by molar-refractivity contribution is -0.143. The van der Waals surface area contributed by atoms with E-state index in [1.807, 2.05) is 6.07 Å². The number of ether oxygens (including phenoxy) is 2. The highest BCUT2D eigenvalue weighted by molar-refractivity contribution is 5.91. The number of amides is 1. The van der Waals surface area contributed by atoms with Crippen molar-refractivity contribution in [3.63, 3.8) is 0 Å². The van der Waals surface area contributed by atoms with Gasteiger partial charge in [-0.05, 0) is 86.1 Å². The number of alkyl halides is 9. The number of nitrogens with zero attached hydrogens (tertiary/aromatic N) is 4. The van der Waals surface area contributed by atoms with Gasteiger partial charge in [0.1, 0.15) is 11.5 Å². The van der Waals surface area contributed by atoms with Crippen molar-refractivity contribution in [3.8, 4) is 11.8 Å². The number of nitrogens with two attached hydrogens (primary N) is 1. The molecule has 0 bridgehead atoms. The SMILES string of the molecule is CC[C@]1(N)C[C@H](c2ncc(OCCCC#N)c(Cc3cc(C(F)(F)F)cc(C(F)(F)F)c3)n2)c2cc(C(F)(F)F)ccc2N1C(=O)OCCCCCC(=O)O. The van der Waals surface area contributed by atoms with Gasteiger partial charge in [-0.1, -0.05) is 6.92 Å². The van der Waals surface area contributed by atoms with Crippen molar-refractivity contribution in [3.05, 3.63) is 81.9 Å². The molecular weight excluding hydrogens is 753 g/mol. The van der Waals surface area contributed by atoms with Crippen LogP contribution in [0.15, 0.2) is 42.6 Å². The van der Waals surface area contributed by atoms with Gasteiger partial charge >= 0.3 is 30.6 Å². The Labute approximate surface area is 309 Å². The van der Waals surface area contributed by atoms with Gasteiger partial charge in [0, 0.05) is 25.2 Å². The molecule has 2 heterocycles. The van der Waals surface area contributed by atoms with Crippen LogP contribution in [0, 0.1) is 11.3 Å². The van der Waals surface area contributed by atoms with Gasteiger partial charge in [0.2, 0.25) is 0 Å². The lowest BCUT2D eigenvalue weighted by atomic mass is 9.80. The number of aromatic nitrogens is 2. The van der Waals surface area contributed by atoms with Crippen LogP contribution in [-0.4, -0.2) is 46.0 Å². The molecule has 0 unspecified atom stereocenters. The minimum atomic E-state index is -5.15. The lowest BCUT2D eigenvalue weighted by Gasteiger charge is -2.46. The third-order valence-electron chi connectivity index (χ3n) is 8.90. The molecule has 0 saturated carbocycles. The van der Waals surface area contributed by atoms with Crippen LogP contribution in [0.3, 0.4) is 0 Å². The summed E-state index contributed by atoms with van der Waals surface area (Å²) in [5.41, 5.74) is 0.0210. The molecule has 1 aromatic heterocycles. The van der Waals surface area contributed by atoms with Crippen molar-refractivity contribution >= 4 is 17.7 Å². The van der Waals surface area contributed by atoms with Gasteiger partial charge in [0.05, 0.1) is 53.6 Å². The first kappa shape index (κ1) is 42.6. The highest BCUT2D eigenvalue weighted by Gasteiger charge is 2.47. The summed E-state index contributed by atoms with van der Waals surface area (Å²) in [5.74, 6) is -2.56. The normalized spacial score (nSPS) is 17.3. The minimum absolute atomic E-state index is 0.0229. The summed E-state index contributed by atoms with van der Waals surface area (Å²) in [7, 11) is 0. The van der Waals surface area contributed by atoms with Crippen LogP contribution in [0.4, 0.5) is 50.0 Å². The fourth-order valence-corrected chi connectivity index (χ4v) is 6.08. The van der Waals surface area contributed by atoms with Crippen LogP contribution in [-0.2, 0) is 34.5 Å². The summed E-state index contributed by atoms with van der Waals surface area (Å²) >= 11 is 0. The number of carbonyl (C=O) groups excluding carboxylic acids is 1. The summed E-state index contributed by atoms with van der Waals surface area (Å²) in [6.45, 7) is 1.34. The van der Waals surface area contributed by atoms with Gasteiger partial charge < -0.3 is 20.3 Å². The maximum Gasteiger partial charge on any atom is 0.416 e. The molecular formula is C36H36F9N5O5. The number of carboxylic acids is 1. The Bertz CT molecular complexity index is 1860. The Balaban J connectivity index is 1.82. The van der Waals surface area contributed by atoms with E-state index in [0.717, 1.165) is 29.3 Å². The van der Waals surface area contributed by atoms with E-state index in [1.54, 1.807) is 6.92 Å². The Morgan fingerprint density at radius 1 is 0.945 bits per heavy atom. The van der Waals surface area contributed by atoms with Gasteiger partial charge in [0.25, 0.3) is 0 Å². The smallest absolute Gasteiger partial charge is 0.416 e. The molecule has 0 fully saturated rings. The molecule has 4 rings (SSSR count). The number of hydrogen-bond acceptors (Lipinski definition) is 8. The Morgan fingerprint density at radius 2 is 1.60 bits per heavy atom. The molecule has 0 spiro atoms. The third-order valence-corrected chi connectivity index (χ3v) is 8.90. The number of unbranched alkanes of at least 4 members (excludes halogenated alkanes) is 3. The predicted molar refractivity (Wildman–Crippen MR) is 177 cm³/mol. The summed E-state index contributed by atoms with van der Waals surface area (Å²) in [6, 6.07) is 5.44. The molecule has 3 aromatic rings. The topological polar surface area (TPSA) is 152 Å². The molecule has 0 radical (unpaired) electrons. The largest absolute Gasteiger partial charge is 0.490 e. The van der Waals surface area contributed by atoms with Crippen molar-refractivity contribution < 1.29 is 63.7 Å². The maximum atomic E-state index is 14.1. The molecule has 1 aliphatic heterocycles. The zero-order valence-electron chi connectivity index (χ0n) is 29.2. The molecule has 1 amide bonds. The predicted octanol–water partition coefficient (Wildman–Crippen LogP) is 8.99. The number of carbonyl (C=O) groups is 2. The van der Waals surface area contributed by atoms with Gasteiger partial charge in [-0.2, -0.15) is 44.8 Å². The molecule has 3 N–H and O–H groups in total. The fraction of sp³-hybridized carbons (Fsp3) is 0.472. The van der Waals surface area contributed by atoms with Crippen LogP contribution in [0.25, 0.3) is 0 Å². The van der Waals surface area contributed by atoms with Crippen molar-refractivity contribution in [2.24, 2.45) is 5.73 Å². The van der Waals surface area contributed by atoms with Crippen LogP contribution >= 0.6 is 0 Å². The number of carboxylic acid groups (broad SMARTS) is 1. The maximum absolute atomic E-state index is 14.1. The number of rotatable bonds is 14. The number of halogens is 9. The summed E-state index contributed by atoms with van der Waals surface area (Å²) in [5, 5.41) is 17.7. The third kappa shape index (κ3) is 10.8. The van der Waals surface area contributed by atoms with E-state index in [4.69, 9.17) is 25.6 Å². The Kier molecular flexibility index (Phi) is 13.3. The molecule has 10 nitrogen and oxygen atoms in total. The van der Waals surface area contributed by atoms with Crippen LogP contribution in [0.5, 0.6) is 5.75 Å². The zero-order valence-corrected chi connectivity index (χ0v) is 29.2. The van der Waals surface area contributed by atoms with Crippen LogP contribution in [0.1, 0.15) is 104 Å². The highest BCUT2D eigenvalue weighted by Crippen LogP contribution is 2.48. The van der Waals surface area contributed by atoms with Crippen molar-refractivity contribution in [1.29, 1.82) is 5.26 Å². The molecule has 1 aliphatic rings. The molecule has 298 valence electrons. The minimum Gasteiger partial charge on any atom is -0.490 e. The Morgan fingerprint density at radius 3 is 2.18 bits per heavy atom. The fourth-order valence-electron chi connectivity index (χ4n) is 6.08. The van der Waals surface area contributed by atoms with E-state index in [9.17, 15) is 49.1 Å². The quantitative estimate of drug-likeness (QED) is 0.120. The number of fused-ring (bicyclic) bond motifs is 1. The Hall–Kier alpha value is -5.12. The van der Waals surface area contributed by atoms with Crippen molar-refractivity contribution in [2.75, 3.05) is 18.1 Å². The van der Waals surface area contributed by atoms with Crippen LogP contribution < -0.4 is 15.4 Å². The van der Waals surface area contributed by atoms with E-state index in [-0.39, 0.29) is 86.3 Å². The van der Waals surface area contributed by atoms with Gasteiger partial charge in [-0.3, -0.25) is 9.69 Å². The van der Waals surface area contributed by atoms with E-state index >= 15 is 0 Å². The number of aliphatic carboxylic acids is 1. The summed E-state index contributed by atoms with van der Waals surface area (Å²) in [4.78, 5) is 34.1. The second-order valence-corrected chi connectivity index (χ2v) is 12.9. The number of anilines is 1. The van der Waals surface area contributed by atoms with Gasteiger partial charge in [0.15, 0.2) is 5.75 Å². The highest BCUT2D eigenvalue weighted by atomic mass is 19.4. The van der Waals surface area contributed by atoms with Crippen LogP contribution in [0.2, 0.25) is 0 Å². The second kappa shape index (κ2) is 17.1. The first-order valence-corrected chi connectivity index (χ1v) is 17.0. The lowest BCUT2D eigenvalue weighted by Crippen LogP contribution is -2.61. The zero-order chi connectivity index (χ0) is 40.8. The average molecular weight is 790 g/mol. The number of benzene rings is 2. The van der Waals surface area contributed by atoms with Crippen molar-refractivity contribution in [2.45, 2.75) is 94.8 Å². The van der Waals surface area contributed by atoms with Gasteiger partial charge in [-0.25, -0.2) is 14.8 Å². The first-order chi connectivity index (χ1) is 25.7. The average Bonchev–Trinajstić information content (AvgIpc) is 3.10. The number of hydrogen-bond donors (Lipinski definition) is 2. The second-order valence-electron chi connectivity index (χ2n) is 12.9. The molecule has 2 atom stereocenters. The molecule has 55 heavy (non-hydrogen) atoms. The molecule has 0 aliphatic carbocycles. The van der Waals surface area contributed by atoms with E-state index in [2.05, 4.69) is 9.97 Å². The van der Waals surface area contributed by atoms with E-state index < -0.39 is 70.8 Å². The van der Waals surface area contributed by atoms with E-state index in [0.29, 0.717) is 25.0 Å². The van der Waals surface area contributed by atoms with Gasteiger partial charge in [-0.15, -0.1) is 0 Å². The standard InChI is InChI=1S/C36H36F9N5O5/c1-2-33(47)19-26(25-18-22(34(37,38)39)9-10-28(25)50(33)32(53)55-13-6-3-4-8-30(51)52)31-48-20-29(54-12-7-5-11-46)27(49-31)16-21-14-23(35(40,41)42)17-24(15-21)36(43,44)45/h9-10,14-15,17-18,20,26H,2-8,12-13,16,19,47H2,1H3,(H,51,52)/t26-,33+/m0/s1. The number of nitriles is 1. The molecule has 19 heteroatoms. The monoisotopic (exact) mass is 789 g/mol. The summed E-state index contributed by atoms with van der Waals surface area (Å²) < 4.78 is 135.